The fraction of sp³-hybridized carbons (Fsp3) is 0.247. The first-order valence-corrected chi connectivity index (χ1v) is 39.0. The van der Waals surface area contributed by atoms with Gasteiger partial charge in [0.2, 0.25) is 23.8 Å². The Hall–Kier alpha value is -13.9. The maximum absolute atomic E-state index is 13.2. The second-order valence-corrected chi connectivity index (χ2v) is 28.2. The Morgan fingerprint density at radius 3 is 1.07 bits per heavy atom. The number of aromatic nitrogens is 10. The smallest absolute Gasteiger partial charge is 0.298 e. The molecule has 0 saturated carbocycles. The van der Waals surface area contributed by atoms with Crippen LogP contribution in [0.3, 0.4) is 0 Å². The molecule has 6 aromatic heterocycles. The molecule has 0 bridgehead atoms. The molecule has 16 rings (SSSR count). The highest BCUT2D eigenvalue weighted by Crippen LogP contribution is 2.31. The van der Waals surface area contributed by atoms with E-state index in [9.17, 15) is 57.0 Å². The molecule has 122 heavy (non-hydrogen) atoms. The number of rotatable bonds is 16. The quantitative estimate of drug-likeness (QED) is 0.0133. The van der Waals surface area contributed by atoms with Crippen molar-refractivity contribution in [1.29, 1.82) is 0 Å². The molecule has 0 radical (unpaired) electrons. The summed E-state index contributed by atoms with van der Waals surface area (Å²) in [5.41, 5.74) is 17.2. The van der Waals surface area contributed by atoms with Gasteiger partial charge < -0.3 is 64.9 Å². The van der Waals surface area contributed by atoms with Crippen LogP contribution < -0.4 is 50.7 Å². The molecule has 4 aliphatic heterocycles. The van der Waals surface area contributed by atoms with Crippen LogP contribution in [0.15, 0.2) is 219 Å². The molecule has 0 unspecified atom stereocenters. The molecule has 4 fully saturated rings. The number of non-ortho nitro benzene ring substituents is 2. The Labute approximate surface area is 710 Å². The first-order valence-electron chi connectivity index (χ1n) is 38.3. The summed E-state index contributed by atoms with van der Waals surface area (Å²) in [5.74, 6) is -2.24. The van der Waals surface area contributed by atoms with Gasteiger partial charge in [-0.2, -0.15) is 4.39 Å². The zero-order valence-corrected chi connectivity index (χ0v) is 68.7. The number of aliphatic hydroxyl groups excluding tert-OH is 1. The van der Waals surface area contributed by atoms with Gasteiger partial charge in [0.15, 0.2) is 17.5 Å². The van der Waals surface area contributed by atoms with E-state index in [2.05, 4.69) is 75.0 Å². The topological polar surface area (TPSA) is 361 Å². The van der Waals surface area contributed by atoms with Gasteiger partial charge in [-0.1, -0.05) is 72.3 Å². The maximum atomic E-state index is 13.2. The third-order valence-electron chi connectivity index (χ3n) is 19.7. The predicted octanol–water partition coefficient (Wildman–Crippen LogP) is 12.3. The number of hydrogen-bond acceptors (Lipinski definition) is 26. The van der Waals surface area contributed by atoms with Crippen LogP contribution in [0.4, 0.5) is 80.9 Å². The summed E-state index contributed by atoms with van der Waals surface area (Å²) in [5, 5.41) is 33.4. The number of carbonyl (C=O) groups excluding carboxylic acids is 4. The summed E-state index contributed by atoms with van der Waals surface area (Å²) in [6.45, 7) is 16.9. The van der Waals surface area contributed by atoms with Crippen LogP contribution >= 0.6 is 23.2 Å². The summed E-state index contributed by atoms with van der Waals surface area (Å²) < 4.78 is 54.0. The molecular weight excluding hydrogens is 1620 g/mol. The maximum Gasteiger partial charge on any atom is 0.298 e. The third kappa shape index (κ3) is 25.1. The van der Waals surface area contributed by atoms with Crippen LogP contribution in [-0.4, -0.2) is 199 Å². The van der Waals surface area contributed by atoms with Crippen LogP contribution in [0.2, 0.25) is 5.15 Å². The molecule has 37 heteroatoms. The van der Waals surface area contributed by atoms with Gasteiger partial charge >= 0.3 is 0 Å². The number of ketones is 2. The Kier molecular flexibility index (Phi) is 32.8. The van der Waals surface area contributed by atoms with Gasteiger partial charge in [-0.15, -0.1) is 0 Å². The highest BCUT2D eigenvalue weighted by Gasteiger charge is 2.28. The van der Waals surface area contributed by atoms with Gasteiger partial charge in [-0.3, -0.25) is 39.4 Å². The van der Waals surface area contributed by atoms with Crippen LogP contribution in [0.25, 0.3) is 22.3 Å². The second-order valence-electron chi connectivity index (χ2n) is 27.4. The van der Waals surface area contributed by atoms with E-state index in [1.54, 1.807) is 59.6 Å². The molecule has 1 amide bonds. The van der Waals surface area contributed by atoms with Crippen molar-refractivity contribution < 1.29 is 51.7 Å². The number of nitrogen functional groups attached to an aromatic ring is 1. The number of aryl methyl sites for hydroxylation is 2. The summed E-state index contributed by atoms with van der Waals surface area (Å²) in [6.07, 6.45) is 9.18. The minimum absolute atomic E-state index is 0.0853. The lowest BCUT2D eigenvalue weighted by atomic mass is 10.0. The fourth-order valence-electron chi connectivity index (χ4n) is 13.2. The van der Waals surface area contributed by atoms with Crippen LogP contribution in [0.5, 0.6) is 0 Å². The number of nitrogens with two attached hydrogens (primary N) is 1. The molecule has 6 aromatic carbocycles. The van der Waals surface area contributed by atoms with Gasteiger partial charge in [0.25, 0.3) is 34.1 Å². The highest BCUT2D eigenvalue weighted by molar-refractivity contribution is 6.83. The number of piperazine rings is 4. The number of Topliss-reactive ketones (excluding diaryl/α,β-unsaturated/α-hetero) is 2. The normalized spacial score (nSPS) is 13.5. The number of halogens is 6. The SMILES string of the molecule is CO.Cc1cc(-c2ccccc2)c(C(=O)C(=O)Cl)n1C.Cc1cc(-c2ccccc2)c(C(=O)C(=O)Nc2ccc(N3CCN(c4ncc(F)cn4)CC3)cc2)n1C.Fc1cnc(Cl)cn1.Nc1ccc(N2CCN(c3ncc(F)cn3)CC2)cc1.O=[N+]([O-])c1ccc(N2CCN(c3ncc(F)cn3)CC2)cc1.O=[N+]([O-])c1ccc(N2CCNCC2)cc1. The van der Waals surface area contributed by atoms with E-state index in [4.69, 9.17) is 34.0 Å². The van der Waals surface area contributed by atoms with Crippen LogP contribution in [0, 0.1) is 57.5 Å². The van der Waals surface area contributed by atoms with Gasteiger partial charge in [-0.05, 0) is 122 Å². The standard InChI is InChI=1S/C28H27FN6O2.C14H12ClNO2.C14H14FN5O2.C14H16FN5.C10H13N3O2.C4H2ClFN2.CH4O/c1-19-16-24(20-6-4-3-5-7-20)25(33(19)2)26(36)27(37)32-22-8-10-23(11-9-22)34-12-14-35(15-13-34)28-30-17-21(29)18-31-28;1-9-8-11(10-6-4-3-5-7-10)12(16(9)2)13(17)14(15)18;15-11-9-16-14(17-10-11)19-7-5-18(6-8-19)12-1-3-13(4-2-12)20(21)22;15-11-9-17-14(18-10-11)20-7-5-19(6-8-20)13-3-1-12(16)2-4-13;14-13(15)10-3-1-9(2-4-10)12-7-5-11-6-8-12;5-3-1-8-4(6)2-7-3;1-2/h3-11,16-18H,12-15H2,1-2H3,(H,32,37);3-8H,1-2H3;1-4,9-10H,5-8H2;1-4,9-10H,5-8,16H2;1-4,11H,5-8H2;1-2H;2H,1H3. The molecule has 0 spiro atoms. The summed E-state index contributed by atoms with van der Waals surface area (Å²) in [6, 6.07) is 51.4. The van der Waals surface area contributed by atoms with Crippen molar-refractivity contribution in [3.8, 4) is 22.3 Å². The minimum atomic E-state index is -0.964. The van der Waals surface area contributed by atoms with Gasteiger partial charge in [0, 0.05) is 207 Å². The largest absolute Gasteiger partial charge is 0.400 e. The fourth-order valence-corrected chi connectivity index (χ4v) is 13.4. The second kappa shape index (κ2) is 44.2. The van der Waals surface area contributed by atoms with Gasteiger partial charge in [-0.25, -0.2) is 53.0 Å². The van der Waals surface area contributed by atoms with Crippen molar-refractivity contribution in [2.24, 2.45) is 14.1 Å². The van der Waals surface area contributed by atoms with Crippen LogP contribution in [-0.2, 0) is 23.7 Å². The molecule has 0 atom stereocenters. The summed E-state index contributed by atoms with van der Waals surface area (Å²) in [7, 11) is 4.54. The lowest BCUT2D eigenvalue weighted by molar-refractivity contribution is -0.385. The first kappa shape index (κ1) is 90.4. The lowest BCUT2D eigenvalue weighted by Crippen LogP contribution is -2.47. The monoisotopic (exact) mass is 1710 g/mol. The van der Waals surface area contributed by atoms with Gasteiger partial charge in [0.05, 0.1) is 59.4 Å². The number of benzene rings is 6. The zero-order valence-electron chi connectivity index (χ0n) is 67.2. The van der Waals surface area contributed by atoms with E-state index < -0.39 is 51.0 Å². The number of nitrogens with one attached hydrogen (secondary N) is 2. The van der Waals surface area contributed by atoms with E-state index in [0.29, 0.717) is 61.1 Å². The predicted molar refractivity (Wildman–Crippen MR) is 462 cm³/mol. The third-order valence-corrected chi connectivity index (χ3v) is 20.1. The summed E-state index contributed by atoms with van der Waals surface area (Å²) in [4.78, 5) is 115. The van der Waals surface area contributed by atoms with Crippen molar-refractivity contribution >= 4 is 109 Å². The van der Waals surface area contributed by atoms with Crippen molar-refractivity contribution in [1.82, 2.24) is 54.3 Å². The lowest BCUT2D eigenvalue weighted by Gasteiger charge is -2.36. The number of hydrogen-bond donors (Lipinski definition) is 4. The number of nitrogens with zero attached hydrogens (tertiary/aromatic N) is 19. The number of amides is 1. The molecule has 10 heterocycles. The number of nitro groups is 2. The molecule has 5 N–H and O–H groups in total. The molecule has 0 aliphatic carbocycles. The molecular formula is C85H88Cl2F4N22O9. The average Bonchev–Trinajstić information content (AvgIpc) is 1.64. The van der Waals surface area contributed by atoms with Crippen LogP contribution in [0.1, 0.15) is 32.4 Å². The Balaban J connectivity index is 0.000000161. The minimum Gasteiger partial charge on any atom is -0.400 e. The zero-order chi connectivity index (χ0) is 87.4. The first-order chi connectivity index (χ1) is 58.8. The van der Waals surface area contributed by atoms with Gasteiger partial charge in [0.1, 0.15) is 16.5 Å². The van der Waals surface area contributed by atoms with Crippen molar-refractivity contribution in [3.05, 3.63) is 291 Å². The van der Waals surface area contributed by atoms with E-state index in [1.807, 2.05) is 145 Å². The van der Waals surface area contributed by atoms with E-state index in [-0.39, 0.29) is 21.5 Å². The highest BCUT2D eigenvalue weighted by atomic mass is 35.5. The average molecular weight is 1710 g/mol. The number of nitro benzene ring substituents is 2. The van der Waals surface area contributed by atoms with Crippen molar-refractivity contribution in [2.45, 2.75) is 13.8 Å². The number of aliphatic hydroxyl groups is 1. The van der Waals surface area contributed by atoms with E-state index in [0.717, 1.165) is 167 Å². The molecule has 31 nitrogen and oxygen atoms in total. The molecule has 12 aromatic rings. The van der Waals surface area contributed by atoms with Crippen molar-refractivity contribution in [2.75, 3.05) is 157 Å². The Bertz CT molecular complexity index is 5330. The Morgan fingerprint density at radius 2 is 0.754 bits per heavy atom. The van der Waals surface area contributed by atoms with E-state index in [1.165, 1.54) is 42.6 Å². The number of carbonyl (C=O) groups is 4. The molecule has 634 valence electrons. The van der Waals surface area contributed by atoms with E-state index >= 15 is 0 Å². The number of anilines is 9. The Morgan fingerprint density at radius 1 is 0.434 bits per heavy atom. The molecule has 4 saturated heterocycles. The molecule has 4 aliphatic rings. The summed E-state index contributed by atoms with van der Waals surface area (Å²) >= 11 is 10.6. The van der Waals surface area contributed by atoms with Crippen molar-refractivity contribution in [3.63, 3.8) is 0 Å².